The van der Waals surface area contributed by atoms with Gasteiger partial charge in [-0.05, 0) is 65.5 Å². The van der Waals surface area contributed by atoms with E-state index in [-0.39, 0.29) is 12.1 Å². The summed E-state index contributed by atoms with van der Waals surface area (Å²) in [6.07, 6.45) is 0.396. The van der Waals surface area contributed by atoms with Crippen LogP contribution in [-0.2, 0) is 22.3 Å². The molecule has 0 aliphatic rings. The summed E-state index contributed by atoms with van der Waals surface area (Å²) in [6.45, 7) is 12.1. The van der Waals surface area contributed by atoms with Gasteiger partial charge in [0.2, 0.25) is 0 Å². The number of carbonyl (C=O) groups excluding carboxylic acids is 2. The van der Waals surface area contributed by atoms with E-state index in [2.05, 4.69) is 16.0 Å². The number of nitrogens with one attached hydrogen (secondary N) is 3. The predicted molar refractivity (Wildman–Crippen MR) is 139 cm³/mol. The second-order valence-electron chi connectivity index (χ2n) is 10.7. The lowest BCUT2D eigenvalue weighted by Crippen LogP contribution is -2.49. The predicted octanol–water partition coefficient (Wildman–Crippen LogP) is 4.85. The summed E-state index contributed by atoms with van der Waals surface area (Å²) in [6, 6.07) is 19.6. The molecule has 0 aromatic heterocycles. The van der Waals surface area contributed by atoms with Gasteiger partial charge in [0.15, 0.2) is 0 Å². The fraction of sp³-hybridized carbons (Fsp3) is 0.500. The first-order valence-corrected chi connectivity index (χ1v) is 12.2. The lowest BCUT2D eigenvalue weighted by molar-refractivity contribution is 0.0498. The van der Waals surface area contributed by atoms with Crippen LogP contribution < -0.4 is 16.0 Å². The Bertz CT molecular complexity index is 830. The molecular weight excluding hydrogens is 442 g/mol. The largest absolute Gasteiger partial charge is 0.444 e. The molecule has 2 aromatic rings. The topological polar surface area (TPSA) is 88.7 Å². The summed E-state index contributed by atoms with van der Waals surface area (Å²) in [4.78, 5) is 24.9. The maximum Gasteiger partial charge on any atom is 0.407 e. The van der Waals surface area contributed by atoms with Crippen LogP contribution >= 0.6 is 0 Å². The third-order valence-corrected chi connectivity index (χ3v) is 4.87. The lowest BCUT2D eigenvalue weighted by atomic mass is 10.0. The van der Waals surface area contributed by atoms with Crippen molar-refractivity contribution >= 4 is 12.2 Å². The molecule has 0 saturated carbocycles. The molecule has 0 fully saturated rings. The molecule has 0 radical (unpaired) electrons. The van der Waals surface area contributed by atoms with Crippen LogP contribution in [0.15, 0.2) is 60.7 Å². The smallest absolute Gasteiger partial charge is 0.407 e. The van der Waals surface area contributed by atoms with Crippen molar-refractivity contribution in [2.24, 2.45) is 0 Å². The zero-order chi connectivity index (χ0) is 25.9. The minimum absolute atomic E-state index is 0.189. The molecule has 35 heavy (non-hydrogen) atoms. The van der Waals surface area contributed by atoms with Crippen LogP contribution in [0.25, 0.3) is 0 Å². The number of hydrogen-bond donors (Lipinski definition) is 3. The number of hydrogen-bond acceptors (Lipinski definition) is 5. The van der Waals surface area contributed by atoms with Crippen molar-refractivity contribution < 1.29 is 19.1 Å². The Labute approximate surface area is 210 Å². The van der Waals surface area contributed by atoms with Crippen molar-refractivity contribution in [1.82, 2.24) is 16.0 Å². The fourth-order valence-corrected chi connectivity index (χ4v) is 3.53. The van der Waals surface area contributed by atoms with Crippen molar-refractivity contribution in [2.45, 2.75) is 77.7 Å². The van der Waals surface area contributed by atoms with Gasteiger partial charge in [-0.2, -0.15) is 0 Å². The van der Waals surface area contributed by atoms with Crippen molar-refractivity contribution in [3.8, 4) is 0 Å². The highest BCUT2D eigenvalue weighted by molar-refractivity contribution is 5.68. The minimum Gasteiger partial charge on any atom is -0.444 e. The molecular formula is C28H41N3O4. The summed E-state index contributed by atoms with van der Waals surface area (Å²) in [5, 5.41) is 9.39. The second kappa shape index (κ2) is 13.1. The second-order valence-corrected chi connectivity index (χ2v) is 10.7. The molecule has 2 rings (SSSR count). The molecule has 0 aliphatic heterocycles. The number of amides is 2. The van der Waals surface area contributed by atoms with Crippen LogP contribution in [0.3, 0.4) is 0 Å². The number of benzene rings is 2. The molecule has 2 amide bonds. The van der Waals surface area contributed by atoms with Gasteiger partial charge in [-0.1, -0.05) is 60.7 Å². The van der Waals surface area contributed by atoms with E-state index in [1.807, 2.05) is 102 Å². The zero-order valence-electron chi connectivity index (χ0n) is 21.9. The Kier molecular flexibility index (Phi) is 10.6. The molecule has 7 nitrogen and oxygen atoms in total. The maximum absolute atomic E-state index is 12.4. The molecule has 0 aliphatic carbocycles. The molecule has 0 heterocycles. The molecule has 2 aromatic carbocycles. The SMILES string of the molecule is CC(C)(C)OC(=O)N[C@H](CNC[C@H](Cc1ccccc1)NC(=O)OC(C)(C)C)Cc1ccccc1. The Hall–Kier alpha value is -3.06. The van der Waals surface area contributed by atoms with Gasteiger partial charge >= 0.3 is 12.2 Å². The van der Waals surface area contributed by atoms with E-state index in [1.165, 1.54) is 0 Å². The van der Waals surface area contributed by atoms with Gasteiger partial charge in [0, 0.05) is 25.2 Å². The Morgan fingerprint density at radius 1 is 0.657 bits per heavy atom. The van der Waals surface area contributed by atoms with E-state index in [1.54, 1.807) is 0 Å². The van der Waals surface area contributed by atoms with Gasteiger partial charge in [0.1, 0.15) is 11.2 Å². The van der Waals surface area contributed by atoms with E-state index in [9.17, 15) is 9.59 Å². The van der Waals surface area contributed by atoms with E-state index in [0.29, 0.717) is 25.9 Å². The van der Waals surface area contributed by atoms with Crippen LogP contribution in [-0.4, -0.2) is 48.6 Å². The van der Waals surface area contributed by atoms with Crippen LogP contribution in [0, 0.1) is 0 Å². The van der Waals surface area contributed by atoms with Gasteiger partial charge < -0.3 is 25.4 Å². The lowest BCUT2D eigenvalue weighted by Gasteiger charge is -2.26. The normalized spacial score (nSPS) is 13.4. The summed E-state index contributed by atoms with van der Waals surface area (Å²) in [7, 11) is 0. The highest BCUT2D eigenvalue weighted by atomic mass is 16.6. The van der Waals surface area contributed by atoms with Gasteiger partial charge in [-0.25, -0.2) is 9.59 Å². The van der Waals surface area contributed by atoms with E-state index in [4.69, 9.17) is 9.47 Å². The van der Waals surface area contributed by atoms with Gasteiger partial charge in [0.05, 0.1) is 0 Å². The Balaban J connectivity index is 2.03. The molecule has 0 saturated heterocycles. The molecule has 2 atom stereocenters. The van der Waals surface area contributed by atoms with Gasteiger partial charge in [0.25, 0.3) is 0 Å². The first kappa shape index (κ1) is 28.2. The third kappa shape index (κ3) is 12.8. The van der Waals surface area contributed by atoms with Gasteiger partial charge in [-0.15, -0.1) is 0 Å². The number of ether oxygens (including phenoxy) is 2. The van der Waals surface area contributed by atoms with Crippen molar-refractivity contribution in [3.63, 3.8) is 0 Å². The quantitative estimate of drug-likeness (QED) is 0.450. The summed E-state index contributed by atoms with van der Waals surface area (Å²) >= 11 is 0. The van der Waals surface area contributed by atoms with E-state index in [0.717, 1.165) is 11.1 Å². The average molecular weight is 484 g/mol. The molecule has 3 N–H and O–H groups in total. The van der Waals surface area contributed by atoms with Crippen LogP contribution in [0.4, 0.5) is 9.59 Å². The van der Waals surface area contributed by atoms with E-state index >= 15 is 0 Å². The monoisotopic (exact) mass is 483 g/mol. The fourth-order valence-electron chi connectivity index (χ4n) is 3.53. The molecule has 0 bridgehead atoms. The molecule has 0 unspecified atom stereocenters. The third-order valence-electron chi connectivity index (χ3n) is 4.87. The zero-order valence-corrected chi connectivity index (χ0v) is 21.9. The average Bonchev–Trinajstić information content (AvgIpc) is 2.72. The number of carbonyl (C=O) groups is 2. The van der Waals surface area contributed by atoms with Crippen molar-refractivity contribution in [1.29, 1.82) is 0 Å². The first-order chi connectivity index (χ1) is 16.4. The van der Waals surface area contributed by atoms with Crippen molar-refractivity contribution in [2.75, 3.05) is 13.1 Å². The summed E-state index contributed by atoms with van der Waals surface area (Å²) in [5.74, 6) is 0. The standard InChI is InChI=1S/C28H41N3O4/c1-27(2,3)34-25(32)30-23(17-21-13-9-7-10-14-21)19-29-20-24(18-22-15-11-8-12-16-22)31-26(33)35-28(4,5)6/h7-16,23-24,29H,17-20H2,1-6H3,(H,30,32)(H,31,33)/t23-,24-/m0/s1. The Morgan fingerprint density at radius 2 is 1.00 bits per heavy atom. The number of rotatable bonds is 10. The van der Waals surface area contributed by atoms with Gasteiger partial charge in [-0.3, -0.25) is 0 Å². The summed E-state index contributed by atoms with van der Waals surface area (Å²) < 4.78 is 10.9. The summed E-state index contributed by atoms with van der Waals surface area (Å²) in [5.41, 5.74) is 1.07. The molecule has 192 valence electrons. The van der Waals surface area contributed by atoms with Crippen LogP contribution in [0.1, 0.15) is 52.7 Å². The van der Waals surface area contributed by atoms with E-state index < -0.39 is 23.4 Å². The Morgan fingerprint density at radius 3 is 1.31 bits per heavy atom. The molecule has 7 heteroatoms. The van der Waals surface area contributed by atoms with Crippen LogP contribution in [0.5, 0.6) is 0 Å². The maximum atomic E-state index is 12.4. The minimum atomic E-state index is -0.576. The highest BCUT2D eigenvalue weighted by Gasteiger charge is 2.22. The highest BCUT2D eigenvalue weighted by Crippen LogP contribution is 2.10. The number of alkyl carbamates (subject to hydrolysis) is 2. The first-order valence-electron chi connectivity index (χ1n) is 12.2. The van der Waals surface area contributed by atoms with Crippen molar-refractivity contribution in [3.05, 3.63) is 71.8 Å². The van der Waals surface area contributed by atoms with Crippen LogP contribution in [0.2, 0.25) is 0 Å². The molecule has 0 spiro atoms.